The lowest BCUT2D eigenvalue weighted by Crippen LogP contribution is -2.27. The molecule has 0 aliphatic carbocycles. The molecule has 0 radical (unpaired) electrons. The quantitative estimate of drug-likeness (QED) is 0.0316. The van der Waals surface area contributed by atoms with Crippen molar-refractivity contribution in [1.29, 1.82) is 0 Å². The molecule has 0 saturated carbocycles. The second-order valence-corrected chi connectivity index (χ2v) is 18.2. The van der Waals surface area contributed by atoms with Crippen LogP contribution in [-0.4, -0.2) is 79.2 Å². The summed E-state index contributed by atoms with van der Waals surface area (Å²) in [5.41, 5.74) is 16.4. The number of amides is 1. The Morgan fingerprint density at radius 3 is 2.18 bits per heavy atom. The van der Waals surface area contributed by atoms with Crippen LogP contribution in [0.1, 0.15) is 81.3 Å². The lowest BCUT2D eigenvalue weighted by atomic mass is 9.83. The average molecular weight is 796 g/mol. The fourth-order valence-electron chi connectivity index (χ4n) is 6.92. The number of hydrogen-bond acceptors (Lipinski definition) is 7. The summed E-state index contributed by atoms with van der Waals surface area (Å²) < 4.78 is 65.5. The number of hydrogen-bond donors (Lipinski definition) is 5. The number of aliphatic imine (C=N–C) groups is 1. The molecule has 15 heteroatoms. The van der Waals surface area contributed by atoms with Gasteiger partial charge in [0.05, 0.1) is 23.5 Å². The fourth-order valence-corrected chi connectivity index (χ4v) is 8.06. The first-order valence-electron chi connectivity index (χ1n) is 18.4. The van der Waals surface area contributed by atoms with E-state index in [1.54, 1.807) is 18.2 Å². The van der Waals surface area contributed by atoms with E-state index in [0.29, 0.717) is 50.0 Å². The van der Waals surface area contributed by atoms with Crippen molar-refractivity contribution in [2.45, 2.75) is 71.8 Å². The Morgan fingerprint density at radius 1 is 0.891 bits per heavy atom. The Hall–Kier alpha value is -4.57. The van der Waals surface area contributed by atoms with E-state index in [0.717, 1.165) is 42.0 Å². The van der Waals surface area contributed by atoms with Crippen molar-refractivity contribution in [2.75, 3.05) is 41.4 Å². The summed E-state index contributed by atoms with van der Waals surface area (Å²) in [5, 5.41) is 2.96. The zero-order valence-electron chi connectivity index (χ0n) is 32.1. The van der Waals surface area contributed by atoms with Crippen LogP contribution in [0.3, 0.4) is 0 Å². The van der Waals surface area contributed by atoms with E-state index >= 15 is 0 Å². The minimum Gasteiger partial charge on any atom is -0.370 e. The number of allylic oxidation sites excluding steroid dienone is 8. The van der Waals surface area contributed by atoms with Crippen molar-refractivity contribution in [1.82, 2.24) is 0 Å². The van der Waals surface area contributed by atoms with Crippen LogP contribution in [0.2, 0.25) is 0 Å². The molecule has 2 aliphatic heterocycles. The molecular weight excluding hydrogens is 741 g/mol. The predicted molar refractivity (Wildman–Crippen MR) is 221 cm³/mol. The number of guanidine groups is 1. The highest BCUT2D eigenvalue weighted by molar-refractivity contribution is 7.86. The van der Waals surface area contributed by atoms with E-state index in [9.17, 15) is 26.2 Å². The topological polar surface area (TPSA) is 208 Å². The smallest absolute Gasteiger partial charge is 0.264 e. The van der Waals surface area contributed by atoms with Gasteiger partial charge in [0.25, 0.3) is 26.1 Å². The zero-order valence-corrected chi connectivity index (χ0v) is 33.7. The number of nitrogens with one attached hydrogen (secondary N) is 1. The van der Waals surface area contributed by atoms with Gasteiger partial charge in [0.2, 0.25) is 0 Å². The average Bonchev–Trinajstić information content (AvgIpc) is 3.50. The van der Waals surface area contributed by atoms with Crippen molar-refractivity contribution in [2.24, 2.45) is 21.9 Å². The van der Waals surface area contributed by atoms with E-state index in [4.69, 9.17) is 16.0 Å². The monoisotopic (exact) mass is 795 g/mol. The molecule has 0 saturated heterocycles. The van der Waals surface area contributed by atoms with Gasteiger partial charge in [-0.1, -0.05) is 56.4 Å². The van der Waals surface area contributed by atoms with Crippen LogP contribution >= 0.6 is 0 Å². The summed E-state index contributed by atoms with van der Waals surface area (Å²) in [5.74, 6) is -0.795. The van der Waals surface area contributed by atoms with Crippen molar-refractivity contribution >= 4 is 49.2 Å². The fraction of sp³-hybridized carbons (Fsp3) is 0.425. The number of carbonyl (C=O) groups is 1. The highest BCUT2D eigenvalue weighted by atomic mass is 32.2. The van der Waals surface area contributed by atoms with Crippen LogP contribution in [0.25, 0.3) is 0 Å². The van der Waals surface area contributed by atoms with E-state index in [-0.39, 0.29) is 28.8 Å². The van der Waals surface area contributed by atoms with Crippen molar-refractivity contribution in [3.8, 4) is 0 Å². The maximum absolute atomic E-state index is 13.4. The van der Waals surface area contributed by atoms with E-state index in [2.05, 4.69) is 53.6 Å². The highest BCUT2D eigenvalue weighted by Gasteiger charge is 2.40. The molecule has 2 aliphatic rings. The number of unbranched alkanes of at least 4 members (excludes halogenated alkanes) is 2. The molecule has 13 nitrogen and oxygen atoms in total. The van der Waals surface area contributed by atoms with Crippen LogP contribution in [0, 0.1) is 5.41 Å². The maximum atomic E-state index is 13.4. The Bertz CT molecular complexity index is 2110. The third-order valence-electron chi connectivity index (χ3n) is 9.92. The van der Waals surface area contributed by atoms with Crippen LogP contribution < -0.4 is 21.7 Å². The normalized spacial score (nSPS) is 17.6. The molecule has 55 heavy (non-hydrogen) atoms. The minimum absolute atomic E-state index is 0.00650. The lowest BCUT2D eigenvalue weighted by molar-refractivity contribution is -0.519. The summed E-state index contributed by atoms with van der Waals surface area (Å²) in [6.45, 7) is 11.1. The first-order valence-corrected chi connectivity index (χ1v) is 21.6. The van der Waals surface area contributed by atoms with Crippen LogP contribution in [0.4, 0.5) is 11.4 Å². The molecule has 0 spiro atoms. The number of benzene rings is 2. The standard InChI is InChI=1S/C40H54N6O7S2/c1-39(2)22-25-45(23-10-12-26-54(48,49)50)35(39)14-8-6-5-7-9-15-36-40(3,4)33-28-31(18-21-34(33)46(36)24-11-13-27-55(51,52)53)37(47)44-32-19-16-30(17-20-32)29-43-38(41)42/h5-9,14-21,28H,10-13,22-27,29H2,1-4H3,(H6-,41,42,43,44,47,48,49,50,51,52,53)/p+1. The van der Waals surface area contributed by atoms with Crippen molar-refractivity contribution in [3.05, 3.63) is 107 Å². The number of nitrogens with two attached hydrogens (primary N) is 2. The highest BCUT2D eigenvalue weighted by Crippen LogP contribution is 2.48. The molecule has 2 heterocycles. The second-order valence-electron chi connectivity index (χ2n) is 15.1. The lowest BCUT2D eigenvalue weighted by Gasteiger charge is -2.27. The summed E-state index contributed by atoms with van der Waals surface area (Å²) in [4.78, 5) is 19.5. The van der Waals surface area contributed by atoms with E-state index in [1.165, 1.54) is 5.71 Å². The van der Waals surface area contributed by atoms with Crippen molar-refractivity contribution < 1.29 is 35.3 Å². The molecule has 0 unspecified atom stereocenters. The molecule has 0 aromatic heterocycles. The van der Waals surface area contributed by atoms with Crippen LogP contribution in [0.5, 0.6) is 0 Å². The van der Waals surface area contributed by atoms with E-state index < -0.39 is 25.7 Å². The largest absolute Gasteiger partial charge is 0.370 e. The zero-order chi connectivity index (χ0) is 40.4. The SMILES string of the molecule is CC1(C)CC[N+](CCCCS(=O)(=O)O)=C1/C=C/C=C/C=C/C=C1/N(CCCCS(=O)(=O)O)c2ccc(C(=O)Nc3ccc(CN=C(N)N)cc3)cc2C1(C)C. The Kier molecular flexibility index (Phi) is 14.4. The number of carbonyl (C=O) groups excluding carboxylic acids is 1. The first-order chi connectivity index (χ1) is 25.8. The Balaban J connectivity index is 1.50. The van der Waals surface area contributed by atoms with Gasteiger partial charge in [-0.3, -0.25) is 13.9 Å². The van der Waals surface area contributed by atoms with Crippen molar-refractivity contribution in [3.63, 3.8) is 0 Å². The van der Waals surface area contributed by atoms with Gasteiger partial charge in [-0.15, -0.1) is 0 Å². The first kappa shape index (κ1) is 43.2. The number of fused-ring (bicyclic) bond motifs is 1. The molecule has 0 atom stereocenters. The molecule has 2 aromatic carbocycles. The van der Waals surface area contributed by atoms with Crippen LogP contribution in [-0.2, 0) is 32.2 Å². The third kappa shape index (κ3) is 12.7. The molecule has 298 valence electrons. The van der Waals surface area contributed by atoms with Gasteiger partial charge in [-0.05, 0) is 80.6 Å². The van der Waals surface area contributed by atoms with E-state index in [1.807, 2.05) is 60.7 Å². The minimum atomic E-state index is -4.07. The molecule has 2 aromatic rings. The van der Waals surface area contributed by atoms with Gasteiger partial charge in [0.15, 0.2) is 11.7 Å². The molecule has 0 fully saturated rings. The van der Waals surface area contributed by atoms with Gasteiger partial charge < -0.3 is 21.7 Å². The number of rotatable bonds is 18. The van der Waals surface area contributed by atoms with Gasteiger partial charge in [0.1, 0.15) is 13.1 Å². The molecular formula is C40H55N6O7S2+. The summed E-state index contributed by atoms with van der Waals surface area (Å²) in [6.07, 6.45) is 16.8. The van der Waals surface area contributed by atoms with Gasteiger partial charge in [-0.25, -0.2) is 9.57 Å². The van der Waals surface area contributed by atoms with Gasteiger partial charge in [0, 0.05) is 53.5 Å². The summed E-state index contributed by atoms with van der Waals surface area (Å²) in [6, 6.07) is 12.9. The third-order valence-corrected chi connectivity index (χ3v) is 11.5. The predicted octanol–water partition coefficient (Wildman–Crippen LogP) is 5.58. The molecule has 0 bridgehead atoms. The molecule has 1 amide bonds. The number of anilines is 2. The van der Waals surface area contributed by atoms with Gasteiger partial charge in [-0.2, -0.15) is 16.8 Å². The number of nitrogens with zero attached hydrogens (tertiary/aromatic N) is 3. The van der Waals surface area contributed by atoms with Gasteiger partial charge >= 0.3 is 0 Å². The molecule has 4 rings (SSSR count). The Labute approximate surface area is 325 Å². The van der Waals surface area contributed by atoms with Crippen LogP contribution in [0.15, 0.2) is 95.7 Å². The second kappa shape index (κ2) is 18.4. The summed E-state index contributed by atoms with van der Waals surface area (Å²) in [7, 11) is -8.02. The maximum Gasteiger partial charge on any atom is 0.264 e. The summed E-state index contributed by atoms with van der Waals surface area (Å²) >= 11 is 0. The molecule has 7 N–H and O–H groups in total. The Morgan fingerprint density at radius 2 is 1.53 bits per heavy atom.